The maximum atomic E-state index is 13.8. The standard InChI is InChI=1S/C14H9BrF2N2/c1-8-2-3-10(15)6-13(8)19-14-11(16)4-9(7-18)5-12(14)17/h2-6,19H,1H3. The molecule has 0 radical (unpaired) electrons. The SMILES string of the molecule is Cc1ccc(Br)cc1Nc1c(F)cc(C#N)cc1F. The average molecular weight is 323 g/mol. The van der Waals surface area contributed by atoms with Gasteiger partial charge in [0.15, 0.2) is 11.6 Å². The maximum Gasteiger partial charge on any atom is 0.150 e. The lowest BCUT2D eigenvalue weighted by molar-refractivity contribution is 0.590. The van der Waals surface area contributed by atoms with Crippen LogP contribution in [0.4, 0.5) is 20.2 Å². The molecule has 0 bridgehead atoms. The van der Waals surface area contributed by atoms with Crippen LogP contribution in [0.25, 0.3) is 0 Å². The fraction of sp³-hybridized carbons (Fsp3) is 0.0714. The van der Waals surface area contributed by atoms with Gasteiger partial charge in [0, 0.05) is 10.2 Å². The van der Waals surface area contributed by atoms with E-state index in [0.717, 1.165) is 22.2 Å². The summed E-state index contributed by atoms with van der Waals surface area (Å²) in [7, 11) is 0. The van der Waals surface area contributed by atoms with Crippen molar-refractivity contribution in [2.24, 2.45) is 0 Å². The number of hydrogen-bond donors (Lipinski definition) is 1. The van der Waals surface area contributed by atoms with Crippen molar-refractivity contribution < 1.29 is 8.78 Å². The normalized spacial score (nSPS) is 10.1. The van der Waals surface area contributed by atoms with Gasteiger partial charge in [0.05, 0.1) is 11.6 Å². The van der Waals surface area contributed by atoms with Crippen molar-refractivity contribution in [3.63, 3.8) is 0 Å². The molecule has 2 rings (SSSR count). The van der Waals surface area contributed by atoms with Crippen molar-refractivity contribution in [3.05, 3.63) is 57.6 Å². The number of anilines is 2. The van der Waals surface area contributed by atoms with Gasteiger partial charge in [0.2, 0.25) is 0 Å². The molecule has 0 aliphatic heterocycles. The molecule has 0 spiro atoms. The molecule has 0 saturated heterocycles. The van der Waals surface area contributed by atoms with Crippen molar-refractivity contribution >= 4 is 27.3 Å². The molecule has 0 amide bonds. The second-order valence-corrected chi connectivity index (χ2v) is 4.93. The Hall–Kier alpha value is -1.93. The molecule has 96 valence electrons. The zero-order valence-electron chi connectivity index (χ0n) is 9.97. The van der Waals surface area contributed by atoms with Crippen LogP contribution in [0.5, 0.6) is 0 Å². The molecule has 2 nitrogen and oxygen atoms in total. The fourth-order valence-corrected chi connectivity index (χ4v) is 1.98. The Morgan fingerprint density at radius 2 is 1.79 bits per heavy atom. The van der Waals surface area contributed by atoms with Gasteiger partial charge in [-0.25, -0.2) is 8.78 Å². The maximum absolute atomic E-state index is 13.8. The Kier molecular flexibility index (Phi) is 3.82. The molecule has 5 heteroatoms. The van der Waals surface area contributed by atoms with Crippen LogP contribution in [-0.4, -0.2) is 0 Å². The molecule has 0 fully saturated rings. The van der Waals surface area contributed by atoms with E-state index in [4.69, 9.17) is 5.26 Å². The summed E-state index contributed by atoms with van der Waals surface area (Å²) in [5.41, 5.74) is 1.13. The van der Waals surface area contributed by atoms with Crippen molar-refractivity contribution in [2.75, 3.05) is 5.32 Å². The van der Waals surface area contributed by atoms with Crippen molar-refractivity contribution in [1.29, 1.82) is 5.26 Å². The topological polar surface area (TPSA) is 35.8 Å². The first kappa shape index (κ1) is 13.5. The minimum Gasteiger partial charge on any atom is -0.350 e. The van der Waals surface area contributed by atoms with E-state index in [0.29, 0.717) is 5.69 Å². The number of nitrogens with one attached hydrogen (secondary N) is 1. The summed E-state index contributed by atoms with van der Waals surface area (Å²) in [5.74, 6) is -1.59. The van der Waals surface area contributed by atoms with Crippen LogP contribution in [-0.2, 0) is 0 Å². The molecule has 0 aromatic heterocycles. The summed E-state index contributed by atoms with van der Waals surface area (Å²) in [6.07, 6.45) is 0. The van der Waals surface area contributed by atoms with Gasteiger partial charge in [-0.15, -0.1) is 0 Å². The van der Waals surface area contributed by atoms with Crippen LogP contribution < -0.4 is 5.32 Å². The predicted octanol–water partition coefficient (Wildman–Crippen LogP) is 4.65. The molecule has 19 heavy (non-hydrogen) atoms. The zero-order valence-corrected chi connectivity index (χ0v) is 11.6. The molecule has 0 aliphatic carbocycles. The molecular weight excluding hydrogens is 314 g/mol. The highest BCUT2D eigenvalue weighted by atomic mass is 79.9. The molecule has 2 aromatic carbocycles. The van der Waals surface area contributed by atoms with Gasteiger partial charge in [-0.3, -0.25) is 0 Å². The summed E-state index contributed by atoms with van der Waals surface area (Å²) in [6.45, 7) is 1.83. The molecule has 0 heterocycles. The van der Waals surface area contributed by atoms with Crippen LogP contribution in [0.1, 0.15) is 11.1 Å². The summed E-state index contributed by atoms with van der Waals surface area (Å²) < 4.78 is 28.3. The number of rotatable bonds is 2. The average Bonchev–Trinajstić information content (AvgIpc) is 2.37. The number of aryl methyl sites for hydroxylation is 1. The number of nitriles is 1. The monoisotopic (exact) mass is 322 g/mol. The number of benzene rings is 2. The van der Waals surface area contributed by atoms with E-state index >= 15 is 0 Å². The summed E-state index contributed by atoms with van der Waals surface area (Å²) in [4.78, 5) is 0. The van der Waals surface area contributed by atoms with Crippen molar-refractivity contribution in [1.82, 2.24) is 0 Å². The fourth-order valence-electron chi connectivity index (χ4n) is 1.62. The Morgan fingerprint density at radius 3 is 2.37 bits per heavy atom. The first-order valence-electron chi connectivity index (χ1n) is 5.43. The Balaban J connectivity index is 2.44. The van der Waals surface area contributed by atoms with Crippen LogP contribution in [0.3, 0.4) is 0 Å². The van der Waals surface area contributed by atoms with Crippen LogP contribution in [0.2, 0.25) is 0 Å². The predicted molar refractivity (Wildman–Crippen MR) is 73.2 cm³/mol. The van der Waals surface area contributed by atoms with E-state index < -0.39 is 11.6 Å². The summed E-state index contributed by atoms with van der Waals surface area (Å²) in [6, 6.07) is 9.10. The van der Waals surface area contributed by atoms with Gasteiger partial charge < -0.3 is 5.32 Å². The Labute approximate surface area is 117 Å². The smallest absolute Gasteiger partial charge is 0.150 e. The van der Waals surface area contributed by atoms with E-state index in [2.05, 4.69) is 21.2 Å². The Morgan fingerprint density at radius 1 is 1.16 bits per heavy atom. The van der Waals surface area contributed by atoms with Crippen LogP contribution in [0.15, 0.2) is 34.8 Å². The van der Waals surface area contributed by atoms with Gasteiger partial charge in [-0.2, -0.15) is 5.26 Å². The largest absolute Gasteiger partial charge is 0.350 e. The molecule has 1 N–H and O–H groups in total. The lowest BCUT2D eigenvalue weighted by Crippen LogP contribution is -2.00. The van der Waals surface area contributed by atoms with Gasteiger partial charge in [0.25, 0.3) is 0 Å². The first-order valence-corrected chi connectivity index (χ1v) is 6.23. The molecule has 2 aromatic rings. The van der Waals surface area contributed by atoms with Crippen molar-refractivity contribution in [2.45, 2.75) is 6.92 Å². The quantitative estimate of drug-likeness (QED) is 0.873. The first-order chi connectivity index (χ1) is 9.01. The number of halogens is 3. The minimum atomic E-state index is -0.795. The summed E-state index contributed by atoms with van der Waals surface area (Å²) in [5, 5.41) is 11.3. The third-order valence-electron chi connectivity index (χ3n) is 2.63. The van der Waals surface area contributed by atoms with E-state index in [1.165, 1.54) is 0 Å². The molecule has 0 atom stereocenters. The lowest BCUT2D eigenvalue weighted by atomic mass is 10.1. The second kappa shape index (κ2) is 5.37. The highest BCUT2D eigenvalue weighted by molar-refractivity contribution is 9.10. The highest BCUT2D eigenvalue weighted by Gasteiger charge is 2.12. The second-order valence-electron chi connectivity index (χ2n) is 4.01. The van der Waals surface area contributed by atoms with E-state index in [-0.39, 0.29) is 11.3 Å². The minimum absolute atomic E-state index is 0.0495. The van der Waals surface area contributed by atoms with Crippen LogP contribution >= 0.6 is 15.9 Å². The highest BCUT2D eigenvalue weighted by Crippen LogP contribution is 2.28. The third-order valence-corrected chi connectivity index (χ3v) is 3.12. The number of hydrogen-bond acceptors (Lipinski definition) is 2. The van der Waals surface area contributed by atoms with Gasteiger partial charge in [0.1, 0.15) is 5.69 Å². The van der Waals surface area contributed by atoms with Gasteiger partial charge in [-0.1, -0.05) is 22.0 Å². The summed E-state index contributed by atoms with van der Waals surface area (Å²) >= 11 is 3.30. The molecule has 0 unspecified atom stereocenters. The number of nitrogens with zero attached hydrogens (tertiary/aromatic N) is 1. The lowest BCUT2D eigenvalue weighted by Gasteiger charge is -2.12. The Bertz CT molecular complexity index is 655. The molecule has 0 aliphatic rings. The zero-order chi connectivity index (χ0) is 14.0. The van der Waals surface area contributed by atoms with Gasteiger partial charge in [-0.05, 0) is 36.8 Å². The molecular formula is C14H9BrF2N2. The van der Waals surface area contributed by atoms with E-state index in [1.807, 2.05) is 19.1 Å². The van der Waals surface area contributed by atoms with Crippen LogP contribution in [0, 0.1) is 29.9 Å². The van der Waals surface area contributed by atoms with Crippen molar-refractivity contribution in [3.8, 4) is 6.07 Å². The van der Waals surface area contributed by atoms with E-state index in [1.54, 1.807) is 12.1 Å². The van der Waals surface area contributed by atoms with Gasteiger partial charge >= 0.3 is 0 Å². The third kappa shape index (κ3) is 2.91. The molecule has 0 saturated carbocycles. The van der Waals surface area contributed by atoms with E-state index in [9.17, 15) is 8.78 Å².